The molecule has 0 rings (SSSR count). The van der Waals surface area contributed by atoms with Gasteiger partial charge in [0, 0.05) is 38.9 Å². The number of nitrogens with two attached hydrogens (primary N) is 1. The molecule has 0 aromatic rings. The molecule has 0 aliphatic carbocycles. The Morgan fingerprint density at radius 3 is 0.359 bits per heavy atom. The van der Waals surface area contributed by atoms with E-state index in [4.69, 9.17) is 192 Å². The van der Waals surface area contributed by atoms with Gasteiger partial charge in [0.15, 0.2) is 0 Å². The van der Waals surface area contributed by atoms with Gasteiger partial charge in [0.2, 0.25) is 17.7 Å². The van der Waals surface area contributed by atoms with Crippen LogP contribution in [0.5, 0.6) is 0 Å². The lowest BCUT2D eigenvalue weighted by atomic mass is 10.1. The van der Waals surface area contributed by atoms with Crippen LogP contribution in [0.2, 0.25) is 0 Å². The minimum absolute atomic E-state index is 0.00171. The van der Waals surface area contributed by atoms with Crippen molar-refractivity contribution in [2.75, 3.05) is 515 Å². The molecule has 0 fully saturated rings. The molecule has 0 aromatic carbocycles. The van der Waals surface area contributed by atoms with Gasteiger partial charge in [0.1, 0.15) is 0 Å². The summed E-state index contributed by atoms with van der Waals surface area (Å²) in [5.41, 5.74) is 5.55. The second kappa shape index (κ2) is 116. The summed E-state index contributed by atoms with van der Waals surface area (Å²) in [5.74, 6) is -0.737. The van der Waals surface area contributed by atoms with Crippen molar-refractivity contribution in [2.24, 2.45) is 5.73 Å². The van der Waals surface area contributed by atoms with Crippen LogP contribution in [0.25, 0.3) is 0 Å². The summed E-state index contributed by atoms with van der Waals surface area (Å²) in [6.45, 7) is 28.8. The zero-order valence-corrected chi connectivity index (χ0v) is 78.6. The van der Waals surface area contributed by atoms with E-state index < -0.39 is 5.54 Å². The topological polar surface area (TPSA) is 506 Å². The largest absolute Gasteiger partial charge is 0.394 e. The molecule has 0 bridgehead atoms. The van der Waals surface area contributed by atoms with E-state index in [-0.39, 0.29) is 136 Å². The molecule has 0 aliphatic rings. The van der Waals surface area contributed by atoms with Crippen molar-refractivity contribution in [3.05, 3.63) is 0 Å². The summed E-state index contributed by atoms with van der Waals surface area (Å²) in [4.78, 5) is 37.9. The molecule has 0 atom stereocenters. The molecule has 8 N–H and O–H groups in total. The fraction of sp³-hybridized carbons (Fsp3) is 0.965. The Labute approximate surface area is 776 Å². The molecule has 0 heterocycles. The molecule has 0 saturated carbocycles. The highest BCUT2D eigenvalue weighted by atomic mass is 16.6. The van der Waals surface area contributed by atoms with Crippen molar-refractivity contribution < 1.29 is 200 Å². The van der Waals surface area contributed by atoms with E-state index in [1.54, 1.807) is 0 Å². The van der Waals surface area contributed by atoms with Gasteiger partial charge < -0.3 is 208 Å². The predicted octanol–water partition coefficient (Wildman–Crippen LogP) is -3.22. The number of carbonyl (C=O) groups is 3. The second-order valence-electron chi connectivity index (χ2n) is 27.2. The van der Waals surface area contributed by atoms with Crippen LogP contribution in [0, 0.1) is 0 Å². The monoisotopic (exact) mass is 1920 g/mol. The van der Waals surface area contributed by atoms with Gasteiger partial charge in [-0.25, -0.2) is 0 Å². The minimum atomic E-state index is -1.19. The predicted molar refractivity (Wildman–Crippen MR) is 471 cm³/mol. The molecule has 0 saturated heterocycles. The average molecular weight is 1920 g/mol. The van der Waals surface area contributed by atoms with Gasteiger partial charge in [-0.15, -0.1) is 0 Å². The van der Waals surface area contributed by atoms with Crippen molar-refractivity contribution in [3.63, 3.8) is 0 Å². The molecular formula is C85H170N4O42. The number of hydrogen-bond acceptors (Lipinski definition) is 43. The Kier molecular flexibility index (Phi) is 113. The fourth-order valence-corrected chi connectivity index (χ4v) is 9.60. The number of ether oxygens (including phenoxy) is 36. The first-order valence-electron chi connectivity index (χ1n) is 46.1. The van der Waals surface area contributed by atoms with Gasteiger partial charge in [0.05, 0.1) is 501 Å². The summed E-state index contributed by atoms with van der Waals surface area (Å²) in [5, 5.41) is 34.4. The average Bonchev–Trinajstić information content (AvgIpc) is 0.895. The van der Waals surface area contributed by atoms with E-state index in [1.165, 1.54) is 0 Å². The number of amides is 3. The van der Waals surface area contributed by atoms with Crippen molar-refractivity contribution in [2.45, 2.75) is 24.8 Å². The molecule has 782 valence electrons. The van der Waals surface area contributed by atoms with Gasteiger partial charge in [-0.1, -0.05) is 0 Å². The SMILES string of the molecule is NC(COCCC(=O)NCCOCCOCCOCCOCCOCCOCCOCCOCCOCCOCCOCCO)(COCCC(=O)NCCOCCOCCOCCOCCOCCOCCOCCOCCOCCOCCOCCO)COCCC(=O)NCCOCCOCCOCCOCCOCCOCCOCCOCCOCCOCCOCCO. The summed E-state index contributed by atoms with van der Waals surface area (Å²) < 4.78 is 198. The second-order valence-corrected chi connectivity index (χ2v) is 27.2. The molecule has 0 spiro atoms. The molecule has 46 heteroatoms. The smallest absolute Gasteiger partial charge is 0.222 e. The number of carbonyl (C=O) groups excluding carboxylic acids is 3. The number of aliphatic hydroxyl groups is 3. The minimum Gasteiger partial charge on any atom is -0.394 e. The number of rotatable bonds is 120. The standard InChI is InChI=1S/C85H170N4O42/c86-85(79-129-10-1-82(93)87-4-13-96-19-25-102-31-37-108-43-49-114-55-61-120-67-73-126-76-70-123-64-58-117-52-46-111-40-34-105-28-22-99-16-7-90,80-130-11-2-83(94)88-5-14-97-20-26-103-32-38-109-44-50-115-56-62-121-68-74-127-77-71-124-65-59-118-53-47-112-41-35-106-29-23-100-17-8-91)81-131-12-3-84(95)89-6-15-98-21-27-104-33-39-110-45-51-116-57-63-122-69-75-128-78-72-125-66-60-119-54-48-113-42-36-107-30-24-101-18-9-92/h90-92H,1-81,86H2,(H,87,93)(H,88,94)(H,89,95). The number of aliphatic hydroxyl groups excluding tert-OH is 3. The first-order chi connectivity index (χ1) is 64.9. The Morgan fingerprint density at radius 1 is 0.153 bits per heavy atom. The maximum Gasteiger partial charge on any atom is 0.222 e. The van der Waals surface area contributed by atoms with Crippen LogP contribution in [0.4, 0.5) is 0 Å². The Bertz CT molecular complexity index is 1970. The van der Waals surface area contributed by atoms with Gasteiger partial charge in [-0.2, -0.15) is 0 Å². The number of nitrogens with one attached hydrogen (secondary N) is 3. The third-order valence-electron chi connectivity index (χ3n) is 16.2. The molecule has 0 aliphatic heterocycles. The third kappa shape index (κ3) is 114. The lowest BCUT2D eigenvalue weighted by molar-refractivity contribution is -0.123. The lowest BCUT2D eigenvalue weighted by Gasteiger charge is -2.29. The molecule has 46 nitrogen and oxygen atoms in total. The Morgan fingerprint density at radius 2 is 0.252 bits per heavy atom. The van der Waals surface area contributed by atoms with Crippen molar-refractivity contribution >= 4 is 17.7 Å². The normalized spacial score (nSPS) is 11.8. The lowest BCUT2D eigenvalue weighted by Crippen LogP contribution is -2.53. The maximum absolute atomic E-state index is 12.6. The fourth-order valence-electron chi connectivity index (χ4n) is 9.60. The van der Waals surface area contributed by atoms with E-state index in [2.05, 4.69) is 16.0 Å². The van der Waals surface area contributed by atoms with E-state index in [9.17, 15) is 14.4 Å². The third-order valence-corrected chi connectivity index (χ3v) is 16.2. The zero-order chi connectivity index (χ0) is 94.1. The molecule has 131 heavy (non-hydrogen) atoms. The van der Waals surface area contributed by atoms with Crippen LogP contribution < -0.4 is 21.7 Å². The van der Waals surface area contributed by atoms with Crippen LogP contribution in [-0.2, 0) is 185 Å². The van der Waals surface area contributed by atoms with E-state index in [1.807, 2.05) is 0 Å². The molecule has 0 radical (unpaired) electrons. The van der Waals surface area contributed by atoms with E-state index in [0.717, 1.165) is 0 Å². The van der Waals surface area contributed by atoms with Crippen molar-refractivity contribution in [1.82, 2.24) is 16.0 Å². The summed E-state index contributed by atoms with van der Waals surface area (Å²) in [6.07, 6.45) is 0.158. The molecular weight excluding hydrogens is 1750 g/mol. The van der Waals surface area contributed by atoms with Crippen LogP contribution >= 0.6 is 0 Å². The van der Waals surface area contributed by atoms with Crippen LogP contribution in [0.3, 0.4) is 0 Å². The Balaban J connectivity index is 4.26. The summed E-state index contributed by atoms with van der Waals surface area (Å²) >= 11 is 0. The molecule has 0 aromatic heterocycles. The van der Waals surface area contributed by atoms with Crippen molar-refractivity contribution in [1.29, 1.82) is 0 Å². The van der Waals surface area contributed by atoms with Crippen LogP contribution in [0.15, 0.2) is 0 Å². The molecule has 0 unspecified atom stereocenters. The van der Waals surface area contributed by atoms with Gasteiger partial charge >= 0.3 is 0 Å². The summed E-state index contributed by atoms with van der Waals surface area (Å²) in [6, 6.07) is 0. The first-order valence-corrected chi connectivity index (χ1v) is 46.1. The molecule has 3 amide bonds. The zero-order valence-electron chi connectivity index (χ0n) is 78.6. The van der Waals surface area contributed by atoms with E-state index >= 15 is 0 Å². The van der Waals surface area contributed by atoms with Gasteiger partial charge in [-0.05, 0) is 0 Å². The highest BCUT2D eigenvalue weighted by Crippen LogP contribution is 2.07. The highest BCUT2D eigenvalue weighted by molar-refractivity contribution is 5.76. The van der Waals surface area contributed by atoms with Crippen molar-refractivity contribution in [3.8, 4) is 0 Å². The van der Waals surface area contributed by atoms with Crippen LogP contribution in [0.1, 0.15) is 19.3 Å². The Hall–Kier alpha value is -3.19. The maximum atomic E-state index is 12.6. The van der Waals surface area contributed by atoms with Gasteiger partial charge in [0.25, 0.3) is 0 Å². The van der Waals surface area contributed by atoms with E-state index in [0.29, 0.717) is 416 Å². The highest BCUT2D eigenvalue weighted by Gasteiger charge is 2.27. The summed E-state index contributed by atoms with van der Waals surface area (Å²) in [7, 11) is 0. The van der Waals surface area contributed by atoms with Crippen LogP contribution in [-0.4, -0.2) is 554 Å². The first kappa shape index (κ1) is 128. The quantitative estimate of drug-likeness (QED) is 0.0295. The van der Waals surface area contributed by atoms with Gasteiger partial charge in [-0.3, -0.25) is 14.4 Å². The number of hydrogen-bond donors (Lipinski definition) is 7.